The van der Waals surface area contributed by atoms with Gasteiger partial charge in [0.2, 0.25) is 0 Å². The molecule has 140 valence electrons. The van der Waals surface area contributed by atoms with Crippen LogP contribution in [0.2, 0.25) is 0 Å². The summed E-state index contributed by atoms with van der Waals surface area (Å²) in [5, 5.41) is 12.2. The molecule has 0 saturated carbocycles. The molecule has 0 spiro atoms. The Kier molecular flexibility index (Phi) is 7.07. The highest BCUT2D eigenvalue weighted by Crippen LogP contribution is 2.34. The van der Waals surface area contributed by atoms with Gasteiger partial charge in [-0.1, -0.05) is 6.07 Å². The lowest BCUT2D eigenvalue weighted by atomic mass is 10.1. The Hall–Kier alpha value is -2.73. The minimum atomic E-state index is -0.522. The van der Waals surface area contributed by atoms with Crippen molar-refractivity contribution in [3.05, 3.63) is 50.6 Å². The van der Waals surface area contributed by atoms with Crippen LogP contribution in [0.5, 0.6) is 17.2 Å². The first-order valence-electron chi connectivity index (χ1n) is 7.92. The third-order valence-electron chi connectivity index (χ3n) is 3.74. The lowest BCUT2D eigenvalue weighted by Crippen LogP contribution is -2.14. The molecule has 0 fully saturated rings. The summed E-state index contributed by atoms with van der Waals surface area (Å²) in [6.07, 6.45) is 1.50. The Morgan fingerprint density at radius 1 is 1.11 bits per heavy atom. The number of carbonyl (C=O) groups is 1. The molecule has 2 aromatic carbocycles. The van der Waals surface area contributed by atoms with Crippen LogP contribution in [0, 0.1) is 21.8 Å². The van der Waals surface area contributed by atoms with Crippen molar-refractivity contribution in [2.45, 2.75) is 6.92 Å². The van der Waals surface area contributed by atoms with Gasteiger partial charge in [-0.3, -0.25) is 4.79 Å². The Bertz CT molecular complexity index is 932. The van der Waals surface area contributed by atoms with E-state index in [1.54, 1.807) is 31.4 Å². The molecule has 2 rings (SSSR count). The van der Waals surface area contributed by atoms with E-state index in [2.05, 4.69) is 27.9 Å². The Morgan fingerprint density at radius 2 is 1.81 bits per heavy atom. The van der Waals surface area contributed by atoms with Gasteiger partial charge in [0.05, 0.1) is 30.6 Å². The number of nitrogens with one attached hydrogen (secondary N) is 1. The van der Waals surface area contributed by atoms with Gasteiger partial charge in [-0.25, -0.2) is 0 Å². The summed E-state index contributed by atoms with van der Waals surface area (Å²) in [6, 6.07) is 10.9. The molecule has 0 aliphatic rings. The predicted octanol–water partition coefficient (Wildman–Crippen LogP) is 4.17. The molecule has 0 saturated heterocycles. The van der Waals surface area contributed by atoms with Crippen molar-refractivity contribution in [1.82, 2.24) is 0 Å². The van der Waals surface area contributed by atoms with Gasteiger partial charge in [0.25, 0.3) is 5.91 Å². The van der Waals surface area contributed by atoms with E-state index in [1.807, 2.05) is 19.1 Å². The largest absolute Gasteiger partial charge is 0.495 e. The number of hydrogen-bond donors (Lipinski definition) is 1. The fourth-order valence-corrected chi connectivity index (χ4v) is 3.29. The summed E-state index contributed by atoms with van der Waals surface area (Å²) in [5.41, 5.74) is 2.08. The zero-order valence-electron chi connectivity index (χ0n) is 15.4. The van der Waals surface area contributed by atoms with Crippen molar-refractivity contribution in [3.8, 4) is 23.3 Å². The van der Waals surface area contributed by atoms with Crippen LogP contribution in [-0.4, -0.2) is 27.2 Å². The summed E-state index contributed by atoms with van der Waals surface area (Å²) in [4.78, 5) is 12.6. The molecule has 2 aromatic rings. The van der Waals surface area contributed by atoms with Gasteiger partial charge in [-0.2, -0.15) is 5.26 Å². The maximum atomic E-state index is 12.6. The molecule has 0 bridgehead atoms. The first-order chi connectivity index (χ1) is 12.9. The first kappa shape index (κ1) is 20.6. The SMILES string of the molecule is COc1ccc(C)cc1NC(=O)/C(C#N)=C/c1cc(I)c(OC)c(OC)c1. The van der Waals surface area contributed by atoms with Crippen LogP contribution < -0.4 is 19.5 Å². The number of ether oxygens (including phenoxy) is 3. The van der Waals surface area contributed by atoms with E-state index < -0.39 is 5.91 Å². The van der Waals surface area contributed by atoms with Crippen LogP contribution in [0.1, 0.15) is 11.1 Å². The van der Waals surface area contributed by atoms with Crippen molar-refractivity contribution in [2.24, 2.45) is 0 Å². The van der Waals surface area contributed by atoms with Crippen LogP contribution in [0.3, 0.4) is 0 Å². The van der Waals surface area contributed by atoms with Crippen LogP contribution in [0.25, 0.3) is 6.08 Å². The quantitative estimate of drug-likeness (QED) is 0.383. The topological polar surface area (TPSA) is 80.6 Å². The fourth-order valence-electron chi connectivity index (χ4n) is 2.45. The minimum Gasteiger partial charge on any atom is -0.495 e. The zero-order valence-corrected chi connectivity index (χ0v) is 17.6. The number of amides is 1. The number of aryl methyl sites for hydroxylation is 1. The van der Waals surface area contributed by atoms with Gasteiger partial charge < -0.3 is 19.5 Å². The average molecular weight is 478 g/mol. The molecular weight excluding hydrogens is 459 g/mol. The molecule has 1 N–H and O–H groups in total. The van der Waals surface area contributed by atoms with Crippen molar-refractivity contribution < 1.29 is 19.0 Å². The molecule has 1 amide bonds. The number of carbonyl (C=O) groups excluding carboxylic acids is 1. The lowest BCUT2D eigenvalue weighted by Gasteiger charge is -2.12. The normalized spacial score (nSPS) is 10.7. The molecule has 0 unspecified atom stereocenters. The first-order valence-corrected chi connectivity index (χ1v) is 9.00. The van der Waals surface area contributed by atoms with Crippen molar-refractivity contribution in [1.29, 1.82) is 5.26 Å². The molecule has 0 radical (unpaired) electrons. The Morgan fingerprint density at radius 3 is 2.41 bits per heavy atom. The van der Waals surface area contributed by atoms with Crippen LogP contribution in [0.15, 0.2) is 35.9 Å². The summed E-state index contributed by atoms with van der Waals surface area (Å²) >= 11 is 2.11. The van der Waals surface area contributed by atoms with Gasteiger partial charge in [0.1, 0.15) is 17.4 Å². The number of nitrogens with zero attached hydrogens (tertiary/aromatic N) is 1. The number of halogens is 1. The fraction of sp³-hybridized carbons (Fsp3) is 0.200. The summed E-state index contributed by atoms with van der Waals surface area (Å²) in [5.74, 6) is 1.12. The van der Waals surface area contributed by atoms with E-state index in [0.717, 1.165) is 9.13 Å². The monoisotopic (exact) mass is 478 g/mol. The van der Waals surface area contributed by atoms with Gasteiger partial charge in [0, 0.05) is 0 Å². The molecule has 0 aromatic heterocycles. The number of anilines is 1. The van der Waals surface area contributed by atoms with Crippen LogP contribution in [0.4, 0.5) is 5.69 Å². The molecule has 0 aliphatic carbocycles. The zero-order chi connectivity index (χ0) is 20.0. The molecule has 27 heavy (non-hydrogen) atoms. The van der Waals surface area contributed by atoms with E-state index in [-0.39, 0.29) is 5.57 Å². The van der Waals surface area contributed by atoms with E-state index in [4.69, 9.17) is 14.2 Å². The number of nitriles is 1. The predicted molar refractivity (Wildman–Crippen MR) is 112 cm³/mol. The van der Waals surface area contributed by atoms with Crippen molar-refractivity contribution in [3.63, 3.8) is 0 Å². The van der Waals surface area contributed by atoms with Gasteiger partial charge in [-0.05, 0) is 71.0 Å². The maximum absolute atomic E-state index is 12.6. The lowest BCUT2D eigenvalue weighted by molar-refractivity contribution is -0.112. The highest BCUT2D eigenvalue weighted by molar-refractivity contribution is 14.1. The highest BCUT2D eigenvalue weighted by atomic mass is 127. The van der Waals surface area contributed by atoms with Crippen LogP contribution >= 0.6 is 22.6 Å². The number of hydrogen-bond acceptors (Lipinski definition) is 5. The number of rotatable bonds is 6. The standard InChI is InChI=1S/C20H19IN2O4/c1-12-5-6-17(25-2)16(7-12)23-20(24)14(11-22)8-13-9-15(21)19(27-4)18(10-13)26-3/h5-10H,1-4H3,(H,23,24)/b14-8+. The molecule has 7 heteroatoms. The smallest absolute Gasteiger partial charge is 0.266 e. The van der Waals surface area contributed by atoms with E-state index in [1.165, 1.54) is 20.3 Å². The summed E-state index contributed by atoms with van der Waals surface area (Å²) in [6.45, 7) is 1.90. The third kappa shape index (κ3) is 4.92. The third-order valence-corrected chi connectivity index (χ3v) is 4.54. The second-order valence-corrected chi connectivity index (χ2v) is 6.73. The van der Waals surface area contributed by atoms with E-state index >= 15 is 0 Å². The van der Waals surface area contributed by atoms with Gasteiger partial charge >= 0.3 is 0 Å². The minimum absolute atomic E-state index is 0.0402. The average Bonchev–Trinajstić information content (AvgIpc) is 2.65. The molecule has 0 atom stereocenters. The Balaban J connectivity index is 2.37. The molecular formula is C20H19IN2O4. The summed E-state index contributed by atoms with van der Waals surface area (Å²) < 4.78 is 16.7. The molecule has 6 nitrogen and oxygen atoms in total. The second kappa shape index (κ2) is 9.28. The van der Waals surface area contributed by atoms with Gasteiger partial charge in [-0.15, -0.1) is 0 Å². The Labute approximate surface area is 171 Å². The molecule has 0 aliphatic heterocycles. The number of methoxy groups -OCH3 is 3. The molecule has 0 heterocycles. The van der Waals surface area contributed by atoms with E-state index in [0.29, 0.717) is 28.5 Å². The second-order valence-electron chi connectivity index (χ2n) is 5.57. The summed E-state index contributed by atoms with van der Waals surface area (Å²) in [7, 11) is 4.61. The van der Waals surface area contributed by atoms with Crippen molar-refractivity contribution in [2.75, 3.05) is 26.6 Å². The van der Waals surface area contributed by atoms with Gasteiger partial charge in [0.15, 0.2) is 11.5 Å². The maximum Gasteiger partial charge on any atom is 0.266 e. The van der Waals surface area contributed by atoms with Crippen molar-refractivity contribution >= 4 is 40.3 Å². The number of benzene rings is 2. The highest BCUT2D eigenvalue weighted by Gasteiger charge is 2.15. The van der Waals surface area contributed by atoms with E-state index in [9.17, 15) is 10.1 Å². The van der Waals surface area contributed by atoms with Crippen LogP contribution in [-0.2, 0) is 4.79 Å².